The second-order valence-corrected chi connectivity index (χ2v) is 4.66. The Bertz CT molecular complexity index is 987. The molecular formula is C17H10N2O2. The first kappa shape index (κ1) is 12.9. The van der Waals surface area contributed by atoms with Crippen LogP contribution in [0.15, 0.2) is 59.4 Å². The fraction of sp³-hybridized carbons (Fsp3) is 0. The van der Waals surface area contributed by atoms with Crippen LogP contribution in [0.5, 0.6) is 0 Å². The molecule has 3 aromatic rings. The van der Waals surface area contributed by atoms with Gasteiger partial charge < -0.3 is 5.53 Å². The summed E-state index contributed by atoms with van der Waals surface area (Å²) in [6.07, 6.45) is 0.832. The van der Waals surface area contributed by atoms with Gasteiger partial charge in [0.05, 0.1) is 0 Å². The Morgan fingerprint density at radius 1 is 0.952 bits per heavy atom. The van der Waals surface area contributed by atoms with Crippen molar-refractivity contribution in [1.29, 1.82) is 0 Å². The van der Waals surface area contributed by atoms with Crippen molar-refractivity contribution >= 4 is 33.5 Å². The lowest BCUT2D eigenvalue weighted by Gasteiger charge is -1.95. The highest BCUT2D eigenvalue weighted by Gasteiger charge is 2.09. The van der Waals surface area contributed by atoms with E-state index in [1.165, 1.54) is 0 Å². The number of rotatable bonds is 2. The number of carbonyl (C=O) groups is 1. The Hall–Kier alpha value is -3.10. The smallest absolute Gasteiger partial charge is 0.328 e. The van der Waals surface area contributed by atoms with Crippen LogP contribution in [0.1, 0.15) is 10.4 Å². The van der Waals surface area contributed by atoms with Crippen LogP contribution in [0.25, 0.3) is 27.1 Å². The third-order valence-corrected chi connectivity index (χ3v) is 3.40. The predicted octanol–water partition coefficient (Wildman–Crippen LogP) is 2.84. The number of carbonyl (C=O) groups excluding carboxylic acids is 1. The summed E-state index contributed by atoms with van der Waals surface area (Å²) in [5, 5.41) is 2.72. The lowest BCUT2D eigenvalue weighted by molar-refractivity contribution is 0.00235. The SMILES string of the molecule is [N-]=[N+]=CC(=O)c1ccc2c(=O)c3ccccc3ccc2c1. The maximum absolute atomic E-state index is 12.5. The molecule has 100 valence electrons. The van der Waals surface area contributed by atoms with Crippen molar-refractivity contribution in [2.75, 3.05) is 0 Å². The van der Waals surface area contributed by atoms with Gasteiger partial charge in [-0.1, -0.05) is 42.5 Å². The molecule has 0 saturated heterocycles. The number of benzene rings is 2. The van der Waals surface area contributed by atoms with Gasteiger partial charge in [0.25, 0.3) is 5.78 Å². The summed E-state index contributed by atoms with van der Waals surface area (Å²) < 4.78 is 0. The highest BCUT2D eigenvalue weighted by Crippen LogP contribution is 2.16. The number of fused-ring (bicyclic) bond motifs is 2. The molecule has 0 radical (unpaired) electrons. The normalized spacial score (nSPS) is 10.3. The largest absolute Gasteiger partial charge is 0.361 e. The highest BCUT2D eigenvalue weighted by molar-refractivity contribution is 6.33. The van der Waals surface area contributed by atoms with E-state index < -0.39 is 5.78 Å². The molecule has 3 rings (SSSR count). The third kappa shape index (κ3) is 2.24. The number of nitrogens with zero attached hydrogens (tertiary/aromatic N) is 2. The summed E-state index contributed by atoms with van der Waals surface area (Å²) in [5.74, 6) is -0.414. The minimum atomic E-state index is -0.414. The monoisotopic (exact) mass is 274 g/mol. The van der Waals surface area contributed by atoms with E-state index in [1.54, 1.807) is 24.3 Å². The first-order valence-corrected chi connectivity index (χ1v) is 6.38. The second-order valence-electron chi connectivity index (χ2n) is 4.66. The topological polar surface area (TPSA) is 70.5 Å². The molecule has 3 aromatic carbocycles. The lowest BCUT2D eigenvalue weighted by atomic mass is 10.1. The van der Waals surface area contributed by atoms with E-state index in [-0.39, 0.29) is 5.43 Å². The molecule has 4 heteroatoms. The molecule has 0 fully saturated rings. The summed E-state index contributed by atoms with van der Waals surface area (Å²) in [5.41, 5.74) is 8.72. The molecule has 0 N–H and O–H groups in total. The molecule has 0 atom stereocenters. The van der Waals surface area contributed by atoms with Crippen molar-refractivity contribution in [1.82, 2.24) is 0 Å². The van der Waals surface area contributed by atoms with Gasteiger partial charge in [-0.3, -0.25) is 9.59 Å². The zero-order valence-corrected chi connectivity index (χ0v) is 11.0. The number of hydrogen-bond donors (Lipinski definition) is 0. The third-order valence-electron chi connectivity index (χ3n) is 3.40. The average Bonchev–Trinajstić information content (AvgIpc) is 2.65. The number of hydrogen-bond acceptors (Lipinski definition) is 2. The fourth-order valence-corrected chi connectivity index (χ4v) is 2.36. The molecule has 0 spiro atoms. The number of Topliss-reactive ketones (excluding diaryl/α,β-unsaturated/α-hetero) is 1. The van der Waals surface area contributed by atoms with Crippen LogP contribution in [0.4, 0.5) is 0 Å². The van der Waals surface area contributed by atoms with E-state index in [0.29, 0.717) is 21.7 Å². The van der Waals surface area contributed by atoms with Gasteiger partial charge in [-0.15, -0.1) is 0 Å². The molecule has 21 heavy (non-hydrogen) atoms. The quantitative estimate of drug-likeness (QED) is 0.312. The molecule has 0 bridgehead atoms. The van der Waals surface area contributed by atoms with Crippen molar-refractivity contribution < 1.29 is 9.58 Å². The maximum atomic E-state index is 12.5. The summed E-state index contributed by atoms with van der Waals surface area (Å²) in [4.78, 5) is 27.0. The van der Waals surface area contributed by atoms with Crippen molar-refractivity contribution in [3.8, 4) is 0 Å². The van der Waals surface area contributed by atoms with Gasteiger partial charge >= 0.3 is 6.21 Å². The Balaban J connectivity index is 2.38. The molecule has 0 aliphatic rings. The Labute approximate surface area is 119 Å². The van der Waals surface area contributed by atoms with Gasteiger partial charge in [-0.05, 0) is 22.9 Å². The molecule has 0 saturated carbocycles. The van der Waals surface area contributed by atoms with Gasteiger partial charge in [-0.2, -0.15) is 4.79 Å². The summed E-state index contributed by atoms with van der Waals surface area (Å²) in [6.45, 7) is 0. The molecular weight excluding hydrogens is 264 g/mol. The maximum Gasteiger partial charge on any atom is 0.328 e. The first-order valence-electron chi connectivity index (χ1n) is 6.38. The Kier molecular flexibility index (Phi) is 3.14. The highest BCUT2D eigenvalue weighted by atomic mass is 16.1. The van der Waals surface area contributed by atoms with Gasteiger partial charge in [-0.25, -0.2) is 0 Å². The van der Waals surface area contributed by atoms with Crippen LogP contribution in [-0.4, -0.2) is 16.8 Å². The van der Waals surface area contributed by atoms with Gasteiger partial charge in [0.1, 0.15) is 0 Å². The van der Waals surface area contributed by atoms with Crippen molar-refractivity contribution in [3.05, 3.63) is 75.9 Å². The van der Waals surface area contributed by atoms with Crippen LogP contribution >= 0.6 is 0 Å². The summed E-state index contributed by atoms with van der Waals surface area (Å²) >= 11 is 0. The minimum Gasteiger partial charge on any atom is -0.361 e. The van der Waals surface area contributed by atoms with E-state index >= 15 is 0 Å². The van der Waals surface area contributed by atoms with Crippen molar-refractivity contribution in [2.24, 2.45) is 0 Å². The zero-order valence-electron chi connectivity index (χ0n) is 11.0. The van der Waals surface area contributed by atoms with Gasteiger partial charge in [0.2, 0.25) is 0 Å². The second kappa shape index (κ2) is 5.12. The molecule has 0 aliphatic carbocycles. The van der Waals surface area contributed by atoms with Crippen LogP contribution in [0, 0.1) is 0 Å². The molecule has 0 aromatic heterocycles. The van der Waals surface area contributed by atoms with E-state index in [4.69, 9.17) is 5.53 Å². The summed E-state index contributed by atoms with van der Waals surface area (Å²) in [6, 6.07) is 15.8. The lowest BCUT2D eigenvalue weighted by Crippen LogP contribution is -2.02. The fourth-order valence-electron chi connectivity index (χ4n) is 2.36. The first-order chi connectivity index (χ1) is 10.2. The number of ketones is 1. The molecule has 0 unspecified atom stereocenters. The van der Waals surface area contributed by atoms with Crippen LogP contribution < -0.4 is 5.43 Å². The standard InChI is InChI=1S/C17H10N2O2/c18-19-10-16(20)13-7-8-15-12(9-13)6-5-11-3-1-2-4-14(11)17(15)21/h1-10H. The van der Waals surface area contributed by atoms with Crippen molar-refractivity contribution in [2.45, 2.75) is 0 Å². The van der Waals surface area contributed by atoms with E-state index in [1.807, 2.05) is 30.3 Å². The van der Waals surface area contributed by atoms with Gasteiger partial charge in [0.15, 0.2) is 5.43 Å². The van der Waals surface area contributed by atoms with Crippen molar-refractivity contribution in [3.63, 3.8) is 0 Å². The molecule has 4 nitrogen and oxygen atoms in total. The Morgan fingerprint density at radius 2 is 1.67 bits per heavy atom. The van der Waals surface area contributed by atoms with Crippen LogP contribution in [0.3, 0.4) is 0 Å². The minimum absolute atomic E-state index is 0.0691. The van der Waals surface area contributed by atoms with Crippen LogP contribution in [-0.2, 0) is 0 Å². The molecule has 0 heterocycles. The van der Waals surface area contributed by atoms with E-state index in [9.17, 15) is 9.59 Å². The van der Waals surface area contributed by atoms with E-state index in [0.717, 1.165) is 11.6 Å². The Morgan fingerprint density at radius 3 is 2.48 bits per heavy atom. The van der Waals surface area contributed by atoms with Gasteiger partial charge in [0, 0.05) is 16.3 Å². The zero-order chi connectivity index (χ0) is 14.8. The molecule has 0 aliphatic heterocycles. The summed E-state index contributed by atoms with van der Waals surface area (Å²) in [7, 11) is 0. The average molecular weight is 274 g/mol. The molecule has 0 amide bonds. The predicted molar refractivity (Wildman–Crippen MR) is 81.7 cm³/mol. The van der Waals surface area contributed by atoms with Crippen LogP contribution in [0.2, 0.25) is 0 Å². The van der Waals surface area contributed by atoms with E-state index in [2.05, 4.69) is 4.79 Å².